The molecule has 2 heterocycles. The summed E-state index contributed by atoms with van der Waals surface area (Å²) in [7, 11) is 0. The number of aromatic nitrogens is 4. The molecule has 2 rings (SSSR count). The number of hydrogen-bond acceptors (Lipinski definition) is 4. The van der Waals surface area contributed by atoms with Crippen LogP contribution in [0.1, 0.15) is 18.7 Å². The highest BCUT2D eigenvalue weighted by atomic mass is 15.2. The van der Waals surface area contributed by atoms with E-state index in [-0.39, 0.29) is 0 Å². The van der Waals surface area contributed by atoms with Crippen molar-refractivity contribution < 1.29 is 0 Å². The van der Waals surface area contributed by atoms with Gasteiger partial charge in [0.15, 0.2) is 5.65 Å². The second-order valence-corrected chi connectivity index (χ2v) is 3.17. The number of hydrogen-bond donors (Lipinski definition) is 1. The molecule has 0 atom stereocenters. The van der Waals surface area contributed by atoms with Gasteiger partial charge in [-0.2, -0.15) is 0 Å². The number of fused-ring (bicyclic) bond motifs is 1. The lowest BCUT2D eigenvalue weighted by molar-refractivity contribution is 0.709. The van der Waals surface area contributed by atoms with Gasteiger partial charge in [-0.3, -0.25) is 9.38 Å². The van der Waals surface area contributed by atoms with Gasteiger partial charge in [0, 0.05) is 18.8 Å². The molecule has 2 aromatic heterocycles. The van der Waals surface area contributed by atoms with Crippen molar-refractivity contribution in [3.05, 3.63) is 24.4 Å². The maximum Gasteiger partial charge on any atom is 0.179 e. The highest BCUT2D eigenvalue weighted by molar-refractivity contribution is 5.33. The summed E-state index contributed by atoms with van der Waals surface area (Å²) < 4.78 is 1.96. The predicted octanol–water partition coefficient (Wildman–Crippen LogP) is 0.406. The van der Waals surface area contributed by atoms with Crippen molar-refractivity contribution in [2.45, 2.75) is 19.3 Å². The van der Waals surface area contributed by atoms with Gasteiger partial charge in [0.1, 0.15) is 5.82 Å². The normalized spacial score (nSPS) is 10.9. The van der Waals surface area contributed by atoms with E-state index in [0.29, 0.717) is 0 Å². The molecule has 0 spiro atoms. The van der Waals surface area contributed by atoms with Gasteiger partial charge < -0.3 is 5.73 Å². The molecule has 0 aliphatic carbocycles. The first-order chi connectivity index (χ1) is 6.92. The summed E-state index contributed by atoms with van der Waals surface area (Å²) in [6.07, 6.45) is 8.33. The summed E-state index contributed by atoms with van der Waals surface area (Å²) in [6.45, 7) is 0.734. The van der Waals surface area contributed by atoms with E-state index in [1.54, 1.807) is 12.4 Å². The van der Waals surface area contributed by atoms with Gasteiger partial charge in [-0.25, -0.2) is 0 Å². The summed E-state index contributed by atoms with van der Waals surface area (Å²) in [5, 5.41) is 8.12. The van der Waals surface area contributed by atoms with Crippen LogP contribution in [0.5, 0.6) is 0 Å². The third kappa shape index (κ3) is 1.72. The van der Waals surface area contributed by atoms with Crippen molar-refractivity contribution in [1.82, 2.24) is 19.6 Å². The molecule has 0 bridgehead atoms. The van der Waals surface area contributed by atoms with Crippen LogP contribution < -0.4 is 5.73 Å². The first kappa shape index (κ1) is 9.08. The minimum atomic E-state index is 0.734. The van der Waals surface area contributed by atoms with Crippen LogP contribution in [0.4, 0.5) is 0 Å². The number of aryl methyl sites for hydroxylation is 1. The van der Waals surface area contributed by atoms with Crippen LogP contribution in [0.25, 0.3) is 5.65 Å². The van der Waals surface area contributed by atoms with Gasteiger partial charge in [0.25, 0.3) is 0 Å². The monoisotopic (exact) mass is 191 g/mol. The smallest absolute Gasteiger partial charge is 0.179 e. The van der Waals surface area contributed by atoms with Crippen LogP contribution in [0.2, 0.25) is 0 Å². The van der Waals surface area contributed by atoms with Crippen LogP contribution in [0, 0.1) is 0 Å². The van der Waals surface area contributed by atoms with Crippen molar-refractivity contribution in [1.29, 1.82) is 0 Å². The van der Waals surface area contributed by atoms with Crippen LogP contribution in [-0.4, -0.2) is 26.1 Å². The number of nitrogens with two attached hydrogens (primary N) is 1. The molecule has 74 valence electrons. The molecule has 14 heavy (non-hydrogen) atoms. The maximum atomic E-state index is 5.43. The SMILES string of the molecule is NCCCCc1nnc2cnccn12. The zero-order chi connectivity index (χ0) is 9.80. The Morgan fingerprint density at radius 3 is 3.07 bits per heavy atom. The average molecular weight is 191 g/mol. The molecule has 0 radical (unpaired) electrons. The lowest BCUT2D eigenvalue weighted by atomic mass is 10.2. The van der Waals surface area contributed by atoms with E-state index in [2.05, 4.69) is 15.2 Å². The summed E-state index contributed by atoms with van der Waals surface area (Å²) in [6, 6.07) is 0. The topological polar surface area (TPSA) is 69.1 Å². The third-order valence-electron chi connectivity index (χ3n) is 2.14. The summed E-state index contributed by atoms with van der Waals surface area (Å²) >= 11 is 0. The van der Waals surface area contributed by atoms with Gasteiger partial charge >= 0.3 is 0 Å². The van der Waals surface area contributed by atoms with Crippen molar-refractivity contribution in [2.75, 3.05) is 6.54 Å². The van der Waals surface area contributed by atoms with Crippen molar-refractivity contribution in [2.24, 2.45) is 5.73 Å². The molecule has 5 nitrogen and oxygen atoms in total. The van der Waals surface area contributed by atoms with E-state index in [4.69, 9.17) is 5.73 Å². The Labute approximate surface area is 82.0 Å². The Kier molecular flexibility index (Phi) is 2.69. The fraction of sp³-hybridized carbons (Fsp3) is 0.444. The summed E-state index contributed by atoms with van der Waals surface area (Å²) in [4.78, 5) is 3.98. The van der Waals surface area contributed by atoms with E-state index in [1.807, 2.05) is 10.6 Å². The molecule has 0 saturated heterocycles. The zero-order valence-corrected chi connectivity index (χ0v) is 7.93. The van der Waals surface area contributed by atoms with Crippen LogP contribution >= 0.6 is 0 Å². The Bertz CT molecular complexity index is 408. The third-order valence-corrected chi connectivity index (χ3v) is 2.14. The van der Waals surface area contributed by atoms with E-state index in [9.17, 15) is 0 Å². The lowest BCUT2D eigenvalue weighted by Gasteiger charge is -1.97. The molecule has 0 fully saturated rings. The van der Waals surface area contributed by atoms with Gasteiger partial charge in [-0.05, 0) is 19.4 Å². The lowest BCUT2D eigenvalue weighted by Crippen LogP contribution is -2.01. The van der Waals surface area contributed by atoms with Gasteiger partial charge in [-0.15, -0.1) is 10.2 Å². The van der Waals surface area contributed by atoms with Crippen molar-refractivity contribution in [3.8, 4) is 0 Å². The van der Waals surface area contributed by atoms with Crippen molar-refractivity contribution in [3.63, 3.8) is 0 Å². The molecule has 0 aliphatic heterocycles. The Balaban J connectivity index is 2.17. The highest BCUT2D eigenvalue weighted by Crippen LogP contribution is 2.04. The van der Waals surface area contributed by atoms with Gasteiger partial charge in [-0.1, -0.05) is 0 Å². The molecule has 0 aromatic carbocycles. The molecule has 0 saturated carbocycles. The Morgan fingerprint density at radius 2 is 2.21 bits per heavy atom. The van der Waals surface area contributed by atoms with Crippen LogP contribution in [0.3, 0.4) is 0 Å². The molecule has 5 heteroatoms. The number of nitrogens with zero attached hydrogens (tertiary/aromatic N) is 4. The number of unbranched alkanes of at least 4 members (excludes halogenated alkanes) is 1. The van der Waals surface area contributed by atoms with E-state index >= 15 is 0 Å². The largest absolute Gasteiger partial charge is 0.330 e. The Morgan fingerprint density at radius 1 is 1.29 bits per heavy atom. The quantitative estimate of drug-likeness (QED) is 0.710. The van der Waals surface area contributed by atoms with Crippen LogP contribution in [0.15, 0.2) is 18.6 Å². The van der Waals surface area contributed by atoms with E-state index < -0.39 is 0 Å². The fourth-order valence-electron chi connectivity index (χ4n) is 1.40. The maximum absolute atomic E-state index is 5.43. The summed E-state index contributed by atoms with van der Waals surface area (Å²) in [5.74, 6) is 0.982. The molecule has 0 aliphatic rings. The first-order valence-electron chi connectivity index (χ1n) is 4.75. The standard InChI is InChI=1S/C9H13N5/c10-4-2-1-3-8-12-13-9-7-11-5-6-14(8)9/h5-7H,1-4,10H2. The predicted molar refractivity (Wildman–Crippen MR) is 52.8 cm³/mol. The molecular weight excluding hydrogens is 178 g/mol. The van der Waals surface area contributed by atoms with Crippen molar-refractivity contribution >= 4 is 5.65 Å². The molecule has 2 aromatic rings. The second kappa shape index (κ2) is 4.15. The zero-order valence-electron chi connectivity index (χ0n) is 7.93. The van der Waals surface area contributed by atoms with E-state index in [0.717, 1.165) is 37.3 Å². The second-order valence-electron chi connectivity index (χ2n) is 3.17. The molecule has 0 amide bonds. The molecular formula is C9H13N5. The van der Waals surface area contributed by atoms with Gasteiger partial charge in [0.2, 0.25) is 0 Å². The minimum Gasteiger partial charge on any atom is -0.330 e. The summed E-state index contributed by atoms with van der Waals surface area (Å²) in [5.41, 5.74) is 6.23. The Hall–Kier alpha value is -1.49. The molecule has 0 unspecified atom stereocenters. The number of rotatable bonds is 4. The minimum absolute atomic E-state index is 0.734. The van der Waals surface area contributed by atoms with Gasteiger partial charge in [0.05, 0.1) is 6.20 Å². The highest BCUT2D eigenvalue weighted by Gasteiger charge is 2.03. The first-order valence-corrected chi connectivity index (χ1v) is 4.75. The fourth-order valence-corrected chi connectivity index (χ4v) is 1.40. The van der Waals surface area contributed by atoms with E-state index in [1.165, 1.54) is 0 Å². The van der Waals surface area contributed by atoms with Crippen LogP contribution in [-0.2, 0) is 6.42 Å². The molecule has 2 N–H and O–H groups in total. The average Bonchev–Trinajstić information content (AvgIpc) is 2.63.